The number of carbonyl (C=O) groups excluding carboxylic acids is 1. The van der Waals surface area contributed by atoms with Gasteiger partial charge in [0.2, 0.25) is 10.0 Å². The highest BCUT2D eigenvalue weighted by Gasteiger charge is 2.31. The van der Waals surface area contributed by atoms with Crippen LogP contribution in [0.15, 0.2) is 53.4 Å². The molecule has 3 aromatic rings. The molecule has 0 saturated carbocycles. The van der Waals surface area contributed by atoms with Gasteiger partial charge >= 0.3 is 0 Å². The number of amides is 1. The fourth-order valence-corrected chi connectivity index (χ4v) is 7.03. The van der Waals surface area contributed by atoms with E-state index in [2.05, 4.69) is 15.0 Å². The molecule has 4 rings (SSSR count). The predicted molar refractivity (Wildman–Crippen MR) is 111 cm³/mol. The van der Waals surface area contributed by atoms with Crippen LogP contribution in [0, 0.1) is 0 Å². The highest BCUT2D eigenvalue weighted by Crippen LogP contribution is 2.26. The summed E-state index contributed by atoms with van der Waals surface area (Å²) < 4.78 is 51.6. The maximum absolute atomic E-state index is 12.6. The number of thiazole rings is 1. The van der Waals surface area contributed by atoms with Crippen molar-refractivity contribution in [3.8, 4) is 0 Å². The van der Waals surface area contributed by atoms with E-state index in [1.54, 1.807) is 0 Å². The number of fused-ring (bicyclic) bond motifs is 1. The topological polar surface area (TPSA) is 122 Å². The molecule has 1 atom stereocenters. The minimum Gasteiger partial charge on any atom is -0.298 e. The number of sulfonamides is 1. The molecular weight excluding hydrogens is 434 g/mol. The zero-order valence-corrected chi connectivity index (χ0v) is 17.5. The Kier molecular flexibility index (Phi) is 5.15. The van der Waals surface area contributed by atoms with E-state index in [1.165, 1.54) is 35.6 Å². The number of benzene rings is 2. The number of hydrogen-bond donors (Lipinski definition) is 2. The van der Waals surface area contributed by atoms with Crippen LogP contribution in [0.3, 0.4) is 0 Å². The molecule has 0 radical (unpaired) electrons. The van der Waals surface area contributed by atoms with Crippen molar-refractivity contribution in [2.24, 2.45) is 0 Å². The number of para-hydroxylation sites is 1. The highest BCUT2D eigenvalue weighted by molar-refractivity contribution is 7.92. The quantitative estimate of drug-likeness (QED) is 0.612. The minimum absolute atomic E-state index is 0.0369. The molecule has 0 aliphatic carbocycles. The molecular formula is C18H17N3O5S3. The molecule has 8 nitrogen and oxygen atoms in total. The predicted octanol–water partition coefficient (Wildman–Crippen LogP) is 2.01. The average molecular weight is 452 g/mol. The van der Waals surface area contributed by atoms with Crippen LogP contribution in [0.4, 0.5) is 5.13 Å². The number of nitrogens with zero attached hydrogens (tertiary/aromatic N) is 1. The molecule has 2 N–H and O–H groups in total. The number of rotatable bonds is 5. The summed E-state index contributed by atoms with van der Waals surface area (Å²) in [5.41, 5.74) is 0.922. The Morgan fingerprint density at radius 3 is 2.66 bits per heavy atom. The second kappa shape index (κ2) is 7.48. The maximum atomic E-state index is 12.6. The van der Waals surface area contributed by atoms with Crippen molar-refractivity contribution in [3.63, 3.8) is 0 Å². The number of carbonyl (C=O) groups is 1. The molecule has 0 spiro atoms. The second-order valence-electron chi connectivity index (χ2n) is 6.69. The van der Waals surface area contributed by atoms with Crippen LogP contribution in [-0.4, -0.2) is 45.3 Å². The first-order valence-corrected chi connectivity index (χ1v) is 12.8. The molecule has 2 aromatic carbocycles. The standard InChI is InChI=1S/C18H17N3O5S3/c22-17(20-18-19-15-6-1-2-7-16(15)27-18)12-4-3-5-14(10-12)29(25,26)21-13-8-9-28(23,24)11-13/h1-7,10,13,21H,8-9,11H2,(H,19,20,22)/t13-/m1/s1. The first kappa shape index (κ1) is 20.0. The van der Waals surface area contributed by atoms with Crippen LogP contribution in [0.2, 0.25) is 0 Å². The number of anilines is 1. The van der Waals surface area contributed by atoms with Gasteiger partial charge in [0, 0.05) is 11.6 Å². The van der Waals surface area contributed by atoms with E-state index in [0.29, 0.717) is 5.13 Å². The molecule has 11 heteroatoms. The molecule has 1 aromatic heterocycles. The summed E-state index contributed by atoms with van der Waals surface area (Å²) in [6, 6.07) is 12.4. The minimum atomic E-state index is -3.95. The van der Waals surface area contributed by atoms with Gasteiger partial charge in [0.25, 0.3) is 5.91 Å². The molecule has 152 valence electrons. The summed E-state index contributed by atoms with van der Waals surface area (Å²) in [5.74, 6) is -0.737. The van der Waals surface area contributed by atoms with E-state index in [-0.39, 0.29) is 28.4 Å². The third-order valence-electron chi connectivity index (χ3n) is 4.48. The molecule has 0 bridgehead atoms. The number of aromatic nitrogens is 1. The summed E-state index contributed by atoms with van der Waals surface area (Å²) in [4.78, 5) is 16.8. The number of sulfone groups is 1. The summed E-state index contributed by atoms with van der Waals surface area (Å²) in [5, 5.41) is 3.10. The summed E-state index contributed by atoms with van der Waals surface area (Å²) in [6.07, 6.45) is 0.235. The molecule has 29 heavy (non-hydrogen) atoms. The SMILES string of the molecule is O=C(Nc1nc2ccccc2s1)c1cccc(S(=O)(=O)N[C@@H]2CCS(=O)(=O)C2)c1. The van der Waals surface area contributed by atoms with Crippen molar-refractivity contribution in [2.75, 3.05) is 16.8 Å². The first-order chi connectivity index (χ1) is 13.7. The van der Waals surface area contributed by atoms with Crippen molar-refractivity contribution >= 4 is 52.5 Å². The molecule has 1 amide bonds. The summed E-state index contributed by atoms with van der Waals surface area (Å²) in [6.45, 7) is 0. The van der Waals surface area contributed by atoms with Crippen LogP contribution in [0.25, 0.3) is 10.2 Å². The Labute approximate surface area is 171 Å². The molecule has 1 saturated heterocycles. The Bertz CT molecular complexity index is 1270. The smallest absolute Gasteiger partial charge is 0.257 e. The lowest BCUT2D eigenvalue weighted by molar-refractivity contribution is 0.102. The van der Waals surface area contributed by atoms with E-state index >= 15 is 0 Å². The van der Waals surface area contributed by atoms with Gasteiger partial charge in [0.05, 0.1) is 26.6 Å². The van der Waals surface area contributed by atoms with Crippen molar-refractivity contribution in [1.82, 2.24) is 9.71 Å². The second-order valence-corrected chi connectivity index (χ2v) is 11.7. The monoisotopic (exact) mass is 451 g/mol. The van der Waals surface area contributed by atoms with E-state index < -0.39 is 31.8 Å². The van der Waals surface area contributed by atoms with Gasteiger partial charge in [-0.15, -0.1) is 0 Å². The first-order valence-electron chi connectivity index (χ1n) is 8.72. The van der Waals surface area contributed by atoms with Crippen LogP contribution >= 0.6 is 11.3 Å². The fourth-order valence-electron chi connectivity index (χ4n) is 3.07. The van der Waals surface area contributed by atoms with Crippen LogP contribution in [0.1, 0.15) is 16.8 Å². The average Bonchev–Trinajstić information content (AvgIpc) is 3.23. The van der Waals surface area contributed by atoms with Crippen LogP contribution in [0.5, 0.6) is 0 Å². The highest BCUT2D eigenvalue weighted by atomic mass is 32.2. The lowest BCUT2D eigenvalue weighted by atomic mass is 10.2. The fraction of sp³-hybridized carbons (Fsp3) is 0.222. The van der Waals surface area contributed by atoms with Crippen molar-refractivity contribution < 1.29 is 21.6 Å². The lowest BCUT2D eigenvalue weighted by Gasteiger charge is -2.12. The van der Waals surface area contributed by atoms with Gasteiger partial charge in [0.15, 0.2) is 15.0 Å². The van der Waals surface area contributed by atoms with Crippen LogP contribution in [-0.2, 0) is 19.9 Å². The van der Waals surface area contributed by atoms with Gasteiger partial charge in [-0.25, -0.2) is 26.5 Å². The van der Waals surface area contributed by atoms with E-state index in [4.69, 9.17) is 0 Å². The summed E-state index contributed by atoms with van der Waals surface area (Å²) in [7, 11) is -7.17. The van der Waals surface area contributed by atoms with E-state index in [1.807, 2.05) is 24.3 Å². The largest absolute Gasteiger partial charge is 0.298 e. The van der Waals surface area contributed by atoms with Crippen molar-refractivity contribution in [3.05, 3.63) is 54.1 Å². The normalized spacial score (nSPS) is 18.7. The molecule has 1 aliphatic rings. The molecule has 1 aliphatic heterocycles. The zero-order chi connectivity index (χ0) is 20.6. The van der Waals surface area contributed by atoms with Gasteiger partial charge in [-0.05, 0) is 36.8 Å². The third-order valence-corrected chi connectivity index (χ3v) is 8.71. The maximum Gasteiger partial charge on any atom is 0.257 e. The van der Waals surface area contributed by atoms with Crippen LogP contribution < -0.4 is 10.0 Å². The Morgan fingerprint density at radius 1 is 1.14 bits per heavy atom. The van der Waals surface area contributed by atoms with Crippen molar-refractivity contribution in [2.45, 2.75) is 17.4 Å². The number of nitrogens with one attached hydrogen (secondary N) is 2. The lowest BCUT2D eigenvalue weighted by Crippen LogP contribution is -2.35. The van der Waals surface area contributed by atoms with Gasteiger partial charge in [0.1, 0.15) is 0 Å². The Morgan fingerprint density at radius 2 is 1.93 bits per heavy atom. The van der Waals surface area contributed by atoms with E-state index in [0.717, 1.165) is 10.2 Å². The zero-order valence-electron chi connectivity index (χ0n) is 15.0. The van der Waals surface area contributed by atoms with Gasteiger partial charge < -0.3 is 0 Å². The third kappa shape index (κ3) is 4.47. The van der Waals surface area contributed by atoms with E-state index in [9.17, 15) is 21.6 Å². The van der Waals surface area contributed by atoms with Crippen molar-refractivity contribution in [1.29, 1.82) is 0 Å². The molecule has 0 unspecified atom stereocenters. The van der Waals surface area contributed by atoms with Gasteiger partial charge in [-0.1, -0.05) is 29.5 Å². The van der Waals surface area contributed by atoms with Gasteiger partial charge in [-0.2, -0.15) is 0 Å². The Hall–Kier alpha value is -2.34. The molecule has 1 fully saturated rings. The Balaban J connectivity index is 1.52. The van der Waals surface area contributed by atoms with Gasteiger partial charge in [-0.3, -0.25) is 10.1 Å². The molecule has 2 heterocycles. The number of hydrogen-bond acceptors (Lipinski definition) is 7. The summed E-state index contributed by atoms with van der Waals surface area (Å²) >= 11 is 1.32.